The first-order valence-corrected chi connectivity index (χ1v) is 7.37. The van der Waals surface area contributed by atoms with Gasteiger partial charge in [0.15, 0.2) is 0 Å². The Hall–Kier alpha value is -1.61. The molecule has 1 saturated heterocycles. The molecule has 0 aromatic heterocycles. The monoisotopic (exact) mass is 287 g/mol. The summed E-state index contributed by atoms with van der Waals surface area (Å²) in [5.41, 5.74) is 0.526. The molecule has 1 aromatic rings. The van der Waals surface area contributed by atoms with Crippen LogP contribution in [0.25, 0.3) is 0 Å². The van der Waals surface area contributed by atoms with Gasteiger partial charge in [-0.3, -0.25) is 9.59 Å². The summed E-state index contributed by atoms with van der Waals surface area (Å²) in [6.07, 6.45) is 6.27. The van der Waals surface area contributed by atoms with E-state index in [4.69, 9.17) is 11.6 Å². The Morgan fingerprint density at radius 1 is 0.950 bits per heavy atom. The van der Waals surface area contributed by atoms with Gasteiger partial charge in [0.05, 0.1) is 22.5 Å². The highest BCUT2D eigenvalue weighted by Gasteiger charge is 2.57. The van der Waals surface area contributed by atoms with Gasteiger partial charge in [0.25, 0.3) is 0 Å². The summed E-state index contributed by atoms with van der Waals surface area (Å²) in [7, 11) is 0. The topological polar surface area (TPSA) is 37.4 Å². The fourth-order valence-electron chi connectivity index (χ4n) is 3.94. The van der Waals surface area contributed by atoms with Gasteiger partial charge in [-0.2, -0.15) is 0 Å². The molecule has 0 spiro atoms. The zero-order valence-corrected chi connectivity index (χ0v) is 11.6. The standard InChI is InChI=1S/C16H14ClNO2/c17-11-3-1-2-4-12(11)18-15(19)13-9-5-6-10(8-7-9)14(13)16(18)20/h1-6,9-10,13-14H,7-8H2/t9-,10-,13-,14+/m0/s1. The van der Waals surface area contributed by atoms with E-state index in [1.807, 2.05) is 0 Å². The molecular weight excluding hydrogens is 274 g/mol. The lowest BCUT2D eigenvalue weighted by Crippen LogP contribution is -2.38. The molecule has 20 heavy (non-hydrogen) atoms. The first kappa shape index (κ1) is 12.2. The van der Waals surface area contributed by atoms with Gasteiger partial charge in [0.2, 0.25) is 11.8 Å². The summed E-state index contributed by atoms with van der Waals surface area (Å²) >= 11 is 6.16. The van der Waals surface area contributed by atoms with Crippen LogP contribution in [0.2, 0.25) is 5.02 Å². The van der Waals surface area contributed by atoms with Crippen LogP contribution in [0.3, 0.4) is 0 Å². The van der Waals surface area contributed by atoms with Gasteiger partial charge in [0.1, 0.15) is 0 Å². The van der Waals surface area contributed by atoms with Crippen molar-refractivity contribution in [2.24, 2.45) is 23.7 Å². The fraction of sp³-hybridized carbons (Fsp3) is 0.375. The smallest absolute Gasteiger partial charge is 0.238 e. The van der Waals surface area contributed by atoms with Gasteiger partial charge in [-0.15, -0.1) is 0 Å². The number of carbonyl (C=O) groups is 2. The van der Waals surface area contributed by atoms with Gasteiger partial charge >= 0.3 is 0 Å². The first-order chi connectivity index (χ1) is 9.68. The quantitative estimate of drug-likeness (QED) is 0.588. The Morgan fingerprint density at radius 3 is 2.00 bits per heavy atom. The van der Waals surface area contributed by atoms with Crippen molar-refractivity contribution >= 4 is 29.1 Å². The number of amides is 2. The van der Waals surface area contributed by atoms with Crippen LogP contribution in [0.5, 0.6) is 0 Å². The van der Waals surface area contributed by atoms with E-state index in [1.165, 1.54) is 4.90 Å². The molecule has 1 aromatic carbocycles. The average Bonchev–Trinajstić information content (AvgIpc) is 2.75. The number of imide groups is 1. The maximum atomic E-state index is 12.7. The Balaban J connectivity index is 1.80. The highest BCUT2D eigenvalue weighted by Crippen LogP contribution is 2.50. The number of para-hydroxylation sites is 1. The van der Waals surface area contributed by atoms with Crippen molar-refractivity contribution in [2.45, 2.75) is 12.8 Å². The van der Waals surface area contributed by atoms with Crippen LogP contribution in [0, 0.1) is 23.7 Å². The minimum Gasteiger partial charge on any atom is -0.274 e. The molecule has 1 saturated carbocycles. The fourth-order valence-corrected chi connectivity index (χ4v) is 4.16. The van der Waals surface area contributed by atoms with Crippen LogP contribution < -0.4 is 4.90 Å². The second-order valence-electron chi connectivity index (χ2n) is 5.80. The summed E-state index contributed by atoms with van der Waals surface area (Å²) < 4.78 is 0. The van der Waals surface area contributed by atoms with E-state index in [-0.39, 0.29) is 35.5 Å². The lowest BCUT2D eigenvalue weighted by atomic mass is 9.63. The van der Waals surface area contributed by atoms with Crippen molar-refractivity contribution in [1.29, 1.82) is 0 Å². The van der Waals surface area contributed by atoms with Gasteiger partial charge in [-0.05, 0) is 36.8 Å². The molecule has 4 atom stereocenters. The van der Waals surface area contributed by atoms with Gasteiger partial charge in [-0.25, -0.2) is 4.90 Å². The Labute approximate surface area is 122 Å². The number of allylic oxidation sites excluding steroid dienone is 2. The van der Waals surface area contributed by atoms with Crippen LogP contribution in [0.15, 0.2) is 36.4 Å². The molecule has 2 bridgehead atoms. The van der Waals surface area contributed by atoms with Crippen LogP contribution in [-0.4, -0.2) is 11.8 Å². The van der Waals surface area contributed by atoms with Crippen molar-refractivity contribution in [3.63, 3.8) is 0 Å². The van der Waals surface area contributed by atoms with E-state index >= 15 is 0 Å². The van der Waals surface area contributed by atoms with E-state index < -0.39 is 0 Å². The third-order valence-corrected chi connectivity index (χ3v) is 5.17. The highest BCUT2D eigenvalue weighted by molar-refractivity contribution is 6.36. The van der Waals surface area contributed by atoms with E-state index in [2.05, 4.69) is 12.2 Å². The Kier molecular flexibility index (Phi) is 2.55. The largest absolute Gasteiger partial charge is 0.274 e. The average molecular weight is 288 g/mol. The lowest BCUT2D eigenvalue weighted by Gasteiger charge is -2.38. The molecule has 0 unspecified atom stereocenters. The third-order valence-electron chi connectivity index (χ3n) is 4.85. The zero-order chi connectivity index (χ0) is 13.9. The van der Waals surface area contributed by atoms with Crippen LogP contribution >= 0.6 is 11.6 Å². The normalized spacial score (nSPS) is 34.8. The maximum absolute atomic E-state index is 12.7. The summed E-state index contributed by atoms with van der Waals surface area (Å²) in [6, 6.07) is 7.06. The summed E-state index contributed by atoms with van der Waals surface area (Å²) in [6.45, 7) is 0. The predicted octanol–water partition coefficient (Wildman–Crippen LogP) is 3.04. The number of fused-ring (bicyclic) bond motifs is 1. The SMILES string of the molecule is O=C1[C@@H]2[C@H](C(=O)N1c1ccccc1Cl)[C@H]1C=C[C@H]2CC1. The first-order valence-electron chi connectivity index (χ1n) is 6.99. The van der Waals surface area contributed by atoms with E-state index in [9.17, 15) is 9.59 Å². The van der Waals surface area contributed by atoms with E-state index in [0.29, 0.717) is 10.7 Å². The van der Waals surface area contributed by atoms with Gasteiger partial charge < -0.3 is 0 Å². The second-order valence-corrected chi connectivity index (χ2v) is 6.21. The molecule has 5 rings (SSSR count). The number of rotatable bonds is 1. The minimum atomic E-state index is -0.178. The molecule has 102 valence electrons. The molecule has 0 N–H and O–H groups in total. The minimum absolute atomic E-state index is 0.0767. The number of anilines is 1. The molecule has 2 fully saturated rings. The Bertz CT molecular complexity index is 607. The number of halogens is 1. The molecule has 4 aliphatic rings. The lowest BCUT2D eigenvalue weighted by molar-refractivity contribution is -0.124. The molecule has 3 nitrogen and oxygen atoms in total. The second kappa shape index (κ2) is 4.19. The van der Waals surface area contributed by atoms with E-state index in [1.54, 1.807) is 24.3 Å². The van der Waals surface area contributed by atoms with Crippen molar-refractivity contribution in [3.05, 3.63) is 41.4 Å². The number of benzene rings is 1. The van der Waals surface area contributed by atoms with Gasteiger partial charge in [0, 0.05) is 0 Å². The van der Waals surface area contributed by atoms with Gasteiger partial charge in [-0.1, -0.05) is 35.9 Å². The molecule has 1 heterocycles. The highest BCUT2D eigenvalue weighted by atomic mass is 35.5. The number of carbonyl (C=O) groups excluding carboxylic acids is 2. The predicted molar refractivity (Wildman–Crippen MR) is 76.3 cm³/mol. The molecule has 3 aliphatic carbocycles. The third kappa shape index (κ3) is 1.47. The summed E-state index contributed by atoms with van der Waals surface area (Å²) in [4.78, 5) is 26.7. The van der Waals surface area contributed by atoms with Crippen molar-refractivity contribution in [1.82, 2.24) is 0 Å². The van der Waals surface area contributed by atoms with Crippen molar-refractivity contribution in [2.75, 3.05) is 4.90 Å². The zero-order valence-electron chi connectivity index (χ0n) is 10.8. The summed E-state index contributed by atoms with van der Waals surface area (Å²) in [5.74, 6) is -0.0766. The molecule has 0 radical (unpaired) electrons. The molecule has 4 heteroatoms. The maximum Gasteiger partial charge on any atom is 0.238 e. The van der Waals surface area contributed by atoms with Crippen molar-refractivity contribution < 1.29 is 9.59 Å². The van der Waals surface area contributed by atoms with Crippen LogP contribution in [-0.2, 0) is 9.59 Å². The van der Waals surface area contributed by atoms with Crippen molar-refractivity contribution in [3.8, 4) is 0 Å². The number of nitrogens with zero attached hydrogens (tertiary/aromatic N) is 1. The number of hydrogen-bond acceptors (Lipinski definition) is 2. The summed E-state index contributed by atoms with van der Waals surface area (Å²) in [5, 5.41) is 0.452. The number of hydrogen-bond donors (Lipinski definition) is 0. The van der Waals surface area contributed by atoms with E-state index in [0.717, 1.165) is 12.8 Å². The molecule has 1 aliphatic heterocycles. The molecular formula is C16H14ClNO2. The molecule has 2 amide bonds. The Morgan fingerprint density at radius 2 is 1.50 bits per heavy atom. The van der Waals surface area contributed by atoms with Crippen LogP contribution in [0.4, 0.5) is 5.69 Å². The van der Waals surface area contributed by atoms with Crippen LogP contribution in [0.1, 0.15) is 12.8 Å².